The lowest BCUT2D eigenvalue weighted by molar-refractivity contribution is 0.0183. The molecule has 2 aliphatic rings. The summed E-state index contributed by atoms with van der Waals surface area (Å²) in [5.41, 5.74) is 2.79. The molecule has 1 unspecified atom stereocenters. The lowest BCUT2D eigenvalue weighted by Gasteiger charge is -2.46. The fourth-order valence-corrected chi connectivity index (χ4v) is 5.53. The van der Waals surface area contributed by atoms with Gasteiger partial charge in [-0.2, -0.15) is 0 Å². The van der Waals surface area contributed by atoms with Crippen molar-refractivity contribution >= 4 is 37.2 Å². The van der Waals surface area contributed by atoms with Crippen LogP contribution in [0.5, 0.6) is 11.5 Å². The molecule has 7 heteroatoms. The van der Waals surface area contributed by atoms with Gasteiger partial charge in [0.15, 0.2) is 0 Å². The second-order valence-corrected chi connectivity index (χ2v) is 9.87. The van der Waals surface area contributed by atoms with Gasteiger partial charge >= 0.3 is 0 Å². The van der Waals surface area contributed by atoms with E-state index in [1.165, 1.54) is 56.7 Å². The Bertz CT molecular complexity index is 1020. The number of piperidine rings is 1. The van der Waals surface area contributed by atoms with Gasteiger partial charge in [0, 0.05) is 44.8 Å². The number of benzene rings is 3. The van der Waals surface area contributed by atoms with Crippen molar-refractivity contribution in [2.75, 3.05) is 32.7 Å². The molecule has 3 aromatic rings. The van der Waals surface area contributed by atoms with E-state index in [1.54, 1.807) is 0 Å². The van der Waals surface area contributed by atoms with E-state index in [1.807, 2.05) is 30.3 Å². The Labute approximate surface area is 241 Å². The monoisotopic (exact) mass is 563 g/mol. The first kappa shape index (κ1) is 31.4. The van der Waals surface area contributed by atoms with Crippen molar-refractivity contribution in [2.45, 2.75) is 44.9 Å². The lowest BCUT2D eigenvalue weighted by atomic mass is 9.99. The summed E-state index contributed by atoms with van der Waals surface area (Å²) in [6.07, 6.45) is 2.55. The Hall–Kier alpha value is -1.79. The van der Waals surface area contributed by atoms with Crippen LogP contribution in [-0.4, -0.2) is 59.5 Å². The molecule has 2 aliphatic heterocycles. The van der Waals surface area contributed by atoms with E-state index in [9.17, 15) is 0 Å². The predicted molar refractivity (Wildman–Crippen MR) is 161 cm³/mol. The highest BCUT2D eigenvalue weighted by molar-refractivity contribution is 5.86. The van der Waals surface area contributed by atoms with E-state index in [-0.39, 0.29) is 37.2 Å². The number of rotatable bonds is 7. The van der Waals surface area contributed by atoms with Gasteiger partial charge < -0.3 is 4.74 Å². The molecule has 0 amide bonds. The maximum atomic E-state index is 5.93. The first-order valence-electron chi connectivity index (χ1n) is 12.8. The maximum absolute atomic E-state index is 5.93. The molecule has 0 aliphatic carbocycles. The van der Waals surface area contributed by atoms with Gasteiger partial charge in [0.2, 0.25) is 0 Å². The number of hydrogen-bond acceptors (Lipinski definition) is 4. The standard InChI is InChI=1S/C30H37N3O.3ClH/c1-25-22-32(24-26-8-4-2-5-9-26)20-21-33(25)28-16-18-31(19-17-28)23-27-12-14-30(15-13-27)34-29-10-6-3-7-11-29;;;/h2-15,25,28H,16-24H2,1H3;3*1H. The first-order valence-corrected chi connectivity index (χ1v) is 12.8. The van der Waals surface area contributed by atoms with E-state index < -0.39 is 0 Å². The van der Waals surface area contributed by atoms with Crippen molar-refractivity contribution in [3.63, 3.8) is 0 Å². The molecular weight excluding hydrogens is 525 g/mol. The number of nitrogens with zero attached hydrogens (tertiary/aromatic N) is 3. The minimum atomic E-state index is 0. The average molecular weight is 565 g/mol. The summed E-state index contributed by atoms with van der Waals surface area (Å²) in [5.74, 6) is 1.78. The van der Waals surface area contributed by atoms with Crippen LogP contribution < -0.4 is 4.74 Å². The fourth-order valence-electron chi connectivity index (χ4n) is 5.53. The fraction of sp³-hybridized carbons (Fsp3) is 0.400. The van der Waals surface area contributed by atoms with Crippen LogP contribution in [0.4, 0.5) is 0 Å². The van der Waals surface area contributed by atoms with E-state index in [2.05, 4.69) is 76.2 Å². The van der Waals surface area contributed by atoms with E-state index in [0.717, 1.165) is 30.6 Å². The van der Waals surface area contributed by atoms with Crippen molar-refractivity contribution in [3.05, 3.63) is 96.1 Å². The third kappa shape index (κ3) is 8.88. The van der Waals surface area contributed by atoms with Gasteiger partial charge in [-0.3, -0.25) is 14.7 Å². The number of ether oxygens (including phenoxy) is 1. The highest BCUT2D eigenvalue weighted by atomic mass is 35.5. The summed E-state index contributed by atoms with van der Waals surface area (Å²) in [6, 6.07) is 30.8. The smallest absolute Gasteiger partial charge is 0.127 e. The quantitative estimate of drug-likeness (QED) is 0.310. The Morgan fingerprint density at radius 2 is 1.16 bits per heavy atom. The molecular formula is C30H40Cl3N3O. The lowest BCUT2D eigenvalue weighted by Crippen LogP contribution is -2.57. The van der Waals surface area contributed by atoms with Gasteiger partial charge in [-0.1, -0.05) is 60.7 Å². The minimum Gasteiger partial charge on any atom is -0.457 e. The zero-order valence-electron chi connectivity index (χ0n) is 21.6. The molecule has 1 atom stereocenters. The van der Waals surface area contributed by atoms with Crippen molar-refractivity contribution < 1.29 is 4.74 Å². The van der Waals surface area contributed by atoms with Crippen LogP contribution in [0.25, 0.3) is 0 Å². The molecule has 0 bridgehead atoms. The van der Waals surface area contributed by atoms with Crippen LogP contribution in [0.3, 0.4) is 0 Å². The molecule has 5 rings (SSSR count). The van der Waals surface area contributed by atoms with Crippen LogP contribution >= 0.6 is 37.2 Å². The van der Waals surface area contributed by atoms with E-state index >= 15 is 0 Å². The molecule has 37 heavy (non-hydrogen) atoms. The zero-order valence-corrected chi connectivity index (χ0v) is 24.0. The van der Waals surface area contributed by atoms with E-state index in [4.69, 9.17) is 4.74 Å². The van der Waals surface area contributed by atoms with Gasteiger partial charge in [0.1, 0.15) is 11.5 Å². The zero-order chi connectivity index (χ0) is 23.2. The summed E-state index contributed by atoms with van der Waals surface area (Å²) in [5, 5.41) is 0. The Kier molecular flexibility index (Phi) is 13.2. The second kappa shape index (κ2) is 15.6. The maximum Gasteiger partial charge on any atom is 0.127 e. The van der Waals surface area contributed by atoms with Crippen LogP contribution in [-0.2, 0) is 13.1 Å². The van der Waals surface area contributed by atoms with Crippen LogP contribution in [0.15, 0.2) is 84.9 Å². The molecule has 0 saturated carbocycles. The third-order valence-electron chi connectivity index (χ3n) is 7.35. The van der Waals surface area contributed by atoms with Crippen molar-refractivity contribution in [2.24, 2.45) is 0 Å². The molecule has 2 saturated heterocycles. The molecule has 2 fully saturated rings. The van der Waals surface area contributed by atoms with Crippen LogP contribution in [0.2, 0.25) is 0 Å². The van der Waals surface area contributed by atoms with Crippen molar-refractivity contribution in [1.29, 1.82) is 0 Å². The van der Waals surface area contributed by atoms with Gasteiger partial charge in [-0.15, -0.1) is 37.2 Å². The molecule has 3 aromatic carbocycles. The molecule has 2 heterocycles. The molecule has 4 nitrogen and oxygen atoms in total. The highest BCUT2D eigenvalue weighted by Crippen LogP contribution is 2.25. The summed E-state index contributed by atoms with van der Waals surface area (Å²) in [7, 11) is 0. The third-order valence-corrected chi connectivity index (χ3v) is 7.35. The Balaban J connectivity index is 0.00000160. The highest BCUT2D eigenvalue weighted by Gasteiger charge is 2.31. The molecule has 0 N–H and O–H groups in total. The minimum absolute atomic E-state index is 0. The molecule has 202 valence electrons. The molecule has 0 radical (unpaired) electrons. The number of para-hydroxylation sites is 1. The van der Waals surface area contributed by atoms with Gasteiger partial charge in [0.25, 0.3) is 0 Å². The summed E-state index contributed by atoms with van der Waals surface area (Å²) in [6.45, 7) is 10.4. The number of hydrogen-bond donors (Lipinski definition) is 0. The summed E-state index contributed by atoms with van der Waals surface area (Å²) >= 11 is 0. The number of halogens is 3. The topological polar surface area (TPSA) is 19.0 Å². The van der Waals surface area contributed by atoms with Crippen molar-refractivity contribution in [1.82, 2.24) is 14.7 Å². The molecule has 0 aromatic heterocycles. The molecule has 0 spiro atoms. The van der Waals surface area contributed by atoms with Gasteiger partial charge in [0.05, 0.1) is 0 Å². The average Bonchev–Trinajstić information content (AvgIpc) is 2.87. The number of piperazine rings is 1. The predicted octanol–water partition coefficient (Wildman–Crippen LogP) is 6.92. The summed E-state index contributed by atoms with van der Waals surface area (Å²) < 4.78 is 5.93. The summed E-state index contributed by atoms with van der Waals surface area (Å²) in [4.78, 5) is 8.02. The van der Waals surface area contributed by atoms with E-state index in [0.29, 0.717) is 6.04 Å². The Morgan fingerprint density at radius 3 is 1.78 bits per heavy atom. The van der Waals surface area contributed by atoms with Crippen molar-refractivity contribution in [3.8, 4) is 11.5 Å². The largest absolute Gasteiger partial charge is 0.457 e. The second-order valence-electron chi connectivity index (χ2n) is 9.87. The normalized spacial score (nSPS) is 19.2. The van der Waals surface area contributed by atoms with Gasteiger partial charge in [-0.05, 0) is 68.2 Å². The Morgan fingerprint density at radius 1 is 0.622 bits per heavy atom. The number of likely N-dealkylation sites (tertiary alicyclic amines) is 1. The first-order chi connectivity index (χ1) is 16.7. The van der Waals surface area contributed by atoms with Crippen LogP contribution in [0, 0.1) is 0 Å². The van der Waals surface area contributed by atoms with Crippen LogP contribution in [0.1, 0.15) is 30.9 Å². The SMILES string of the molecule is CC1CN(Cc2ccccc2)CCN1C1CCN(Cc2ccc(Oc3ccccc3)cc2)CC1.Cl.Cl.Cl. The van der Waals surface area contributed by atoms with Gasteiger partial charge in [-0.25, -0.2) is 0 Å².